The van der Waals surface area contributed by atoms with Gasteiger partial charge in [-0.15, -0.1) is 0 Å². The molecule has 0 spiro atoms. The van der Waals surface area contributed by atoms with E-state index < -0.39 is 0 Å². The van der Waals surface area contributed by atoms with E-state index in [1.165, 1.54) is 5.57 Å². The molecule has 3 rings (SSSR count). The van der Waals surface area contributed by atoms with Gasteiger partial charge in [-0.3, -0.25) is 0 Å². The molecule has 0 aromatic heterocycles. The molecule has 96 valence electrons. The first kappa shape index (κ1) is 11.8. The van der Waals surface area contributed by atoms with Gasteiger partial charge >= 0.3 is 0 Å². The third-order valence-electron chi connectivity index (χ3n) is 3.59. The maximum absolute atomic E-state index is 10.5. The minimum Gasteiger partial charge on any atom is -0.507 e. The van der Waals surface area contributed by atoms with Crippen molar-refractivity contribution < 1.29 is 5.11 Å². The van der Waals surface area contributed by atoms with Gasteiger partial charge in [0.2, 0.25) is 0 Å². The standard InChI is InChI=1S/C17H17NO/c1-12-9-10-18-16(11-12)15-8-4-7-14(17(15)19)13-5-2-3-6-13/h2-11,13,16,18-19H,1H3. The summed E-state index contributed by atoms with van der Waals surface area (Å²) >= 11 is 0. The maximum Gasteiger partial charge on any atom is 0.125 e. The molecule has 0 saturated heterocycles. The molecule has 1 aliphatic heterocycles. The lowest BCUT2D eigenvalue weighted by molar-refractivity contribution is 0.455. The highest BCUT2D eigenvalue weighted by molar-refractivity contribution is 5.50. The normalized spacial score (nSPS) is 21.5. The molecule has 0 saturated carbocycles. The number of hydrogen-bond acceptors (Lipinski definition) is 2. The van der Waals surface area contributed by atoms with Crippen LogP contribution in [0.15, 0.2) is 66.4 Å². The number of phenolic OH excluding ortho intramolecular Hbond substituents is 1. The van der Waals surface area contributed by atoms with E-state index >= 15 is 0 Å². The second kappa shape index (κ2) is 4.81. The summed E-state index contributed by atoms with van der Waals surface area (Å²) in [5, 5.41) is 13.8. The topological polar surface area (TPSA) is 32.3 Å². The number of para-hydroxylation sites is 1. The predicted molar refractivity (Wildman–Crippen MR) is 77.9 cm³/mol. The van der Waals surface area contributed by atoms with Gasteiger partial charge in [0.05, 0.1) is 6.04 Å². The van der Waals surface area contributed by atoms with Crippen LogP contribution in [0.5, 0.6) is 5.75 Å². The fraction of sp³-hybridized carbons (Fsp3) is 0.176. The summed E-state index contributed by atoms with van der Waals surface area (Å²) in [5.41, 5.74) is 3.09. The van der Waals surface area contributed by atoms with Crippen molar-refractivity contribution in [2.75, 3.05) is 0 Å². The van der Waals surface area contributed by atoms with Gasteiger partial charge in [0, 0.05) is 17.0 Å². The van der Waals surface area contributed by atoms with Gasteiger partial charge in [0.1, 0.15) is 5.75 Å². The third kappa shape index (κ3) is 2.22. The van der Waals surface area contributed by atoms with E-state index in [9.17, 15) is 5.11 Å². The van der Waals surface area contributed by atoms with Gasteiger partial charge in [-0.05, 0) is 19.2 Å². The van der Waals surface area contributed by atoms with Crippen molar-refractivity contribution in [3.8, 4) is 5.75 Å². The summed E-state index contributed by atoms with van der Waals surface area (Å²) in [7, 11) is 0. The Hall–Kier alpha value is -2.22. The average Bonchev–Trinajstić information content (AvgIpc) is 2.93. The minimum atomic E-state index is 0.0410. The molecule has 1 unspecified atom stereocenters. The van der Waals surface area contributed by atoms with E-state index in [4.69, 9.17) is 0 Å². The molecule has 0 radical (unpaired) electrons. The van der Waals surface area contributed by atoms with Gasteiger partial charge in [-0.1, -0.05) is 54.2 Å². The fourth-order valence-corrected chi connectivity index (χ4v) is 2.57. The number of allylic oxidation sites excluding steroid dienone is 6. The Kier molecular flexibility index (Phi) is 3.00. The second-order valence-electron chi connectivity index (χ2n) is 4.97. The first-order valence-electron chi connectivity index (χ1n) is 6.53. The van der Waals surface area contributed by atoms with Gasteiger partial charge in [0.25, 0.3) is 0 Å². The van der Waals surface area contributed by atoms with Crippen molar-refractivity contribution in [2.45, 2.75) is 18.9 Å². The highest BCUT2D eigenvalue weighted by Gasteiger charge is 2.19. The third-order valence-corrected chi connectivity index (χ3v) is 3.59. The smallest absolute Gasteiger partial charge is 0.125 e. The summed E-state index contributed by atoms with van der Waals surface area (Å²) in [6.45, 7) is 2.06. The Morgan fingerprint density at radius 1 is 1.11 bits per heavy atom. The maximum atomic E-state index is 10.5. The number of rotatable bonds is 2. The SMILES string of the molecule is CC1=CC(c2cccc(C3C=CC=C3)c2O)NC=C1. The first-order chi connectivity index (χ1) is 9.25. The van der Waals surface area contributed by atoms with Gasteiger partial charge in [0.15, 0.2) is 0 Å². The van der Waals surface area contributed by atoms with Crippen LogP contribution >= 0.6 is 0 Å². The lowest BCUT2D eigenvalue weighted by atomic mass is 9.93. The van der Waals surface area contributed by atoms with E-state index in [0.29, 0.717) is 5.75 Å². The Morgan fingerprint density at radius 2 is 1.84 bits per heavy atom. The Bertz CT molecular complexity index is 596. The van der Waals surface area contributed by atoms with Crippen molar-refractivity contribution in [1.29, 1.82) is 0 Å². The quantitative estimate of drug-likeness (QED) is 0.840. The highest BCUT2D eigenvalue weighted by Crippen LogP contribution is 2.36. The zero-order chi connectivity index (χ0) is 13.2. The van der Waals surface area contributed by atoms with E-state index in [2.05, 4.69) is 30.5 Å². The zero-order valence-corrected chi connectivity index (χ0v) is 10.9. The monoisotopic (exact) mass is 251 g/mol. The molecular weight excluding hydrogens is 234 g/mol. The van der Waals surface area contributed by atoms with Crippen LogP contribution in [0.1, 0.15) is 30.0 Å². The molecule has 2 N–H and O–H groups in total. The molecular formula is C17H17NO. The van der Waals surface area contributed by atoms with Crippen molar-refractivity contribution in [3.05, 3.63) is 77.6 Å². The van der Waals surface area contributed by atoms with Crippen molar-refractivity contribution >= 4 is 0 Å². The number of phenols is 1. The molecule has 2 nitrogen and oxygen atoms in total. The molecule has 1 atom stereocenters. The summed E-state index contributed by atoms with van der Waals surface area (Å²) in [5.74, 6) is 0.574. The predicted octanol–water partition coefficient (Wildman–Crippen LogP) is 3.71. The molecule has 0 fully saturated rings. The first-order valence-corrected chi connectivity index (χ1v) is 6.53. The van der Waals surface area contributed by atoms with Crippen molar-refractivity contribution in [2.24, 2.45) is 0 Å². The van der Waals surface area contributed by atoms with Crippen LogP contribution in [0.3, 0.4) is 0 Å². The number of hydrogen-bond donors (Lipinski definition) is 2. The van der Waals surface area contributed by atoms with Crippen LogP contribution < -0.4 is 5.32 Å². The van der Waals surface area contributed by atoms with Gasteiger partial charge in [-0.25, -0.2) is 0 Å². The molecule has 19 heavy (non-hydrogen) atoms. The van der Waals surface area contributed by atoms with E-state index in [1.807, 2.05) is 42.6 Å². The molecule has 1 aromatic rings. The van der Waals surface area contributed by atoms with Crippen LogP contribution in [0.2, 0.25) is 0 Å². The lowest BCUT2D eigenvalue weighted by Gasteiger charge is -2.21. The van der Waals surface area contributed by atoms with Crippen LogP contribution in [0.25, 0.3) is 0 Å². The Balaban J connectivity index is 1.99. The number of aromatic hydroxyl groups is 1. The van der Waals surface area contributed by atoms with Crippen LogP contribution in [0.4, 0.5) is 0 Å². The molecule has 1 aliphatic carbocycles. The molecule has 1 heterocycles. The number of benzene rings is 1. The van der Waals surface area contributed by atoms with Crippen LogP contribution in [-0.2, 0) is 0 Å². The number of nitrogens with one attached hydrogen (secondary N) is 1. The lowest BCUT2D eigenvalue weighted by Crippen LogP contribution is -2.16. The van der Waals surface area contributed by atoms with Crippen molar-refractivity contribution in [3.63, 3.8) is 0 Å². The van der Waals surface area contributed by atoms with Gasteiger partial charge in [-0.2, -0.15) is 0 Å². The van der Waals surface area contributed by atoms with E-state index in [-0.39, 0.29) is 12.0 Å². The largest absolute Gasteiger partial charge is 0.507 e. The highest BCUT2D eigenvalue weighted by atomic mass is 16.3. The Morgan fingerprint density at radius 3 is 2.58 bits per heavy atom. The summed E-state index contributed by atoms with van der Waals surface area (Å²) in [4.78, 5) is 0. The average molecular weight is 251 g/mol. The summed E-state index contributed by atoms with van der Waals surface area (Å²) in [6.07, 6.45) is 14.3. The molecule has 2 heteroatoms. The fourth-order valence-electron chi connectivity index (χ4n) is 2.57. The number of dihydropyridines is 1. The van der Waals surface area contributed by atoms with E-state index in [1.54, 1.807) is 0 Å². The molecule has 0 bridgehead atoms. The molecule has 2 aliphatic rings. The Labute approximate surface area is 113 Å². The van der Waals surface area contributed by atoms with E-state index in [0.717, 1.165) is 11.1 Å². The van der Waals surface area contributed by atoms with Crippen LogP contribution in [-0.4, -0.2) is 5.11 Å². The van der Waals surface area contributed by atoms with Gasteiger partial charge < -0.3 is 10.4 Å². The molecule has 1 aromatic carbocycles. The second-order valence-corrected chi connectivity index (χ2v) is 4.97. The summed E-state index contributed by atoms with van der Waals surface area (Å²) in [6, 6.07) is 6.01. The van der Waals surface area contributed by atoms with Crippen molar-refractivity contribution in [1.82, 2.24) is 5.32 Å². The molecule has 0 amide bonds. The van der Waals surface area contributed by atoms with Crippen LogP contribution in [0, 0.1) is 0 Å². The summed E-state index contributed by atoms with van der Waals surface area (Å²) < 4.78 is 0. The zero-order valence-electron chi connectivity index (χ0n) is 10.9. The minimum absolute atomic E-state index is 0.0410.